The lowest BCUT2D eigenvalue weighted by Gasteiger charge is -2.13. The van der Waals surface area contributed by atoms with Crippen molar-refractivity contribution in [3.05, 3.63) is 28.5 Å². The van der Waals surface area contributed by atoms with Crippen molar-refractivity contribution in [2.45, 2.75) is 19.4 Å². The van der Waals surface area contributed by atoms with Gasteiger partial charge in [0.25, 0.3) is 5.91 Å². The van der Waals surface area contributed by atoms with Gasteiger partial charge in [0.1, 0.15) is 5.69 Å². The van der Waals surface area contributed by atoms with Gasteiger partial charge in [-0.1, -0.05) is 6.92 Å². The summed E-state index contributed by atoms with van der Waals surface area (Å²) in [4.78, 5) is 15.5. The number of amides is 1. The van der Waals surface area contributed by atoms with Crippen LogP contribution in [-0.2, 0) is 0 Å². The molecule has 15 heavy (non-hydrogen) atoms. The molecule has 0 fully saturated rings. The minimum Gasteiger partial charge on any atom is -0.394 e. The van der Waals surface area contributed by atoms with Gasteiger partial charge in [-0.15, -0.1) is 0 Å². The molecule has 5 heteroatoms. The zero-order valence-corrected chi connectivity index (χ0v) is 9.99. The molecule has 1 aromatic rings. The van der Waals surface area contributed by atoms with Crippen molar-refractivity contribution in [1.82, 2.24) is 10.3 Å². The van der Waals surface area contributed by atoms with Crippen molar-refractivity contribution in [2.24, 2.45) is 0 Å². The third-order valence-electron chi connectivity index (χ3n) is 2.01. The number of carbonyl (C=O) groups is 1. The molecule has 1 atom stereocenters. The fourth-order valence-electron chi connectivity index (χ4n) is 1.05. The molecule has 1 rings (SSSR count). The average Bonchev–Trinajstić information content (AvgIpc) is 2.26. The Balaban J connectivity index is 2.64. The molecule has 0 aliphatic heterocycles. The van der Waals surface area contributed by atoms with Gasteiger partial charge in [0.15, 0.2) is 0 Å². The van der Waals surface area contributed by atoms with E-state index in [9.17, 15) is 4.79 Å². The first-order chi connectivity index (χ1) is 7.17. The van der Waals surface area contributed by atoms with Crippen LogP contribution in [0.15, 0.2) is 22.8 Å². The Bertz CT molecular complexity index is 323. The maximum atomic E-state index is 11.6. The maximum Gasteiger partial charge on any atom is 0.270 e. The third-order valence-corrected chi connectivity index (χ3v) is 2.48. The Morgan fingerprint density at radius 3 is 2.87 bits per heavy atom. The van der Waals surface area contributed by atoms with E-state index in [0.717, 1.165) is 4.47 Å². The number of aromatic nitrogens is 1. The summed E-state index contributed by atoms with van der Waals surface area (Å²) in [5.74, 6) is -0.261. The molecule has 0 saturated heterocycles. The molecule has 2 N–H and O–H groups in total. The second-order valence-corrected chi connectivity index (χ2v) is 4.04. The van der Waals surface area contributed by atoms with Gasteiger partial charge in [-0.25, -0.2) is 4.98 Å². The first-order valence-electron chi connectivity index (χ1n) is 4.70. The van der Waals surface area contributed by atoms with E-state index < -0.39 is 0 Å². The van der Waals surface area contributed by atoms with E-state index in [1.54, 1.807) is 18.3 Å². The number of pyridine rings is 1. The van der Waals surface area contributed by atoms with E-state index in [-0.39, 0.29) is 18.6 Å². The van der Waals surface area contributed by atoms with Crippen LogP contribution in [0.2, 0.25) is 0 Å². The number of rotatable bonds is 4. The van der Waals surface area contributed by atoms with Gasteiger partial charge in [-0.2, -0.15) is 0 Å². The number of halogens is 1. The van der Waals surface area contributed by atoms with Crippen LogP contribution in [-0.4, -0.2) is 28.6 Å². The van der Waals surface area contributed by atoms with Crippen LogP contribution < -0.4 is 5.32 Å². The highest BCUT2D eigenvalue weighted by Gasteiger charge is 2.11. The topological polar surface area (TPSA) is 62.2 Å². The first kappa shape index (κ1) is 12.1. The van der Waals surface area contributed by atoms with Gasteiger partial charge in [-0.05, 0) is 34.5 Å². The summed E-state index contributed by atoms with van der Waals surface area (Å²) in [6, 6.07) is 3.17. The highest BCUT2D eigenvalue weighted by atomic mass is 79.9. The van der Waals surface area contributed by atoms with Crippen LogP contribution in [0.5, 0.6) is 0 Å². The highest BCUT2D eigenvalue weighted by molar-refractivity contribution is 9.10. The molecule has 0 aromatic carbocycles. The fourth-order valence-corrected chi connectivity index (χ4v) is 1.28. The largest absolute Gasteiger partial charge is 0.394 e. The van der Waals surface area contributed by atoms with Crippen LogP contribution in [0.3, 0.4) is 0 Å². The summed E-state index contributed by atoms with van der Waals surface area (Å²) in [6.45, 7) is 1.84. The van der Waals surface area contributed by atoms with E-state index in [1.807, 2.05) is 6.92 Å². The molecule has 0 radical (unpaired) electrons. The molecule has 0 bridgehead atoms. The molecule has 1 aromatic heterocycles. The minimum absolute atomic E-state index is 0.0568. The van der Waals surface area contributed by atoms with Gasteiger partial charge in [0.2, 0.25) is 0 Å². The van der Waals surface area contributed by atoms with Crippen LogP contribution >= 0.6 is 15.9 Å². The lowest BCUT2D eigenvalue weighted by Crippen LogP contribution is -2.37. The molecule has 0 aliphatic carbocycles. The van der Waals surface area contributed by atoms with Crippen molar-refractivity contribution >= 4 is 21.8 Å². The lowest BCUT2D eigenvalue weighted by molar-refractivity contribution is 0.0910. The quantitative estimate of drug-likeness (QED) is 0.870. The van der Waals surface area contributed by atoms with Gasteiger partial charge in [-0.3, -0.25) is 4.79 Å². The normalized spacial score (nSPS) is 12.2. The first-order valence-corrected chi connectivity index (χ1v) is 5.50. The molecule has 82 valence electrons. The summed E-state index contributed by atoms with van der Waals surface area (Å²) in [7, 11) is 0. The van der Waals surface area contributed by atoms with Crippen LogP contribution in [0, 0.1) is 0 Å². The summed E-state index contributed by atoms with van der Waals surface area (Å²) >= 11 is 3.24. The molecule has 0 aliphatic rings. The van der Waals surface area contributed by atoms with Gasteiger partial charge < -0.3 is 10.4 Å². The predicted octanol–water partition coefficient (Wildman–Crippen LogP) is 1.34. The molecule has 0 unspecified atom stereocenters. The van der Waals surface area contributed by atoms with Crippen LogP contribution in [0.1, 0.15) is 23.8 Å². The molecule has 1 amide bonds. The standard InChI is InChI=1S/C10H13BrN2O2/c1-2-8(6-14)13-10(15)9-4-3-7(11)5-12-9/h3-5,8,14H,2,6H2,1H3,(H,13,15)/t8-/m1/s1. The summed E-state index contributed by atoms with van der Waals surface area (Å²) in [6.07, 6.45) is 2.26. The monoisotopic (exact) mass is 272 g/mol. The number of nitrogens with zero attached hydrogens (tertiary/aromatic N) is 1. The number of hydrogen-bond acceptors (Lipinski definition) is 3. The Kier molecular flexibility index (Phi) is 4.71. The second-order valence-electron chi connectivity index (χ2n) is 3.12. The Morgan fingerprint density at radius 2 is 2.40 bits per heavy atom. The van der Waals surface area contributed by atoms with Crippen molar-refractivity contribution in [2.75, 3.05) is 6.61 Å². The predicted molar refractivity (Wildman–Crippen MR) is 60.6 cm³/mol. The highest BCUT2D eigenvalue weighted by Crippen LogP contribution is 2.07. The summed E-state index contributed by atoms with van der Waals surface area (Å²) < 4.78 is 0.827. The van der Waals surface area contributed by atoms with Gasteiger partial charge in [0.05, 0.1) is 12.6 Å². The molecule has 0 saturated carbocycles. The summed E-state index contributed by atoms with van der Waals surface area (Å²) in [5, 5.41) is 11.6. The molecular formula is C10H13BrN2O2. The van der Waals surface area contributed by atoms with Crippen molar-refractivity contribution in [3.8, 4) is 0 Å². The van der Waals surface area contributed by atoms with E-state index in [1.165, 1.54) is 0 Å². The Morgan fingerprint density at radius 1 is 1.67 bits per heavy atom. The van der Waals surface area contributed by atoms with E-state index in [2.05, 4.69) is 26.2 Å². The number of carbonyl (C=O) groups excluding carboxylic acids is 1. The maximum absolute atomic E-state index is 11.6. The Labute approximate surface area is 96.8 Å². The number of hydrogen-bond donors (Lipinski definition) is 2. The number of aliphatic hydroxyl groups is 1. The van der Waals surface area contributed by atoms with Gasteiger partial charge in [0, 0.05) is 10.7 Å². The van der Waals surface area contributed by atoms with Crippen LogP contribution in [0.4, 0.5) is 0 Å². The second kappa shape index (κ2) is 5.82. The SMILES string of the molecule is CC[C@H](CO)NC(=O)c1ccc(Br)cn1. The average molecular weight is 273 g/mol. The van der Waals surface area contributed by atoms with E-state index in [4.69, 9.17) is 5.11 Å². The Hall–Kier alpha value is -0.940. The molecule has 4 nitrogen and oxygen atoms in total. The van der Waals surface area contributed by atoms with E-state index >= 15 is 0 Å². The van der Waals surface area contributed by atoms with E-state index in [0.29, 0.717) is 12.1 Å². The number of aliphatic hydroxyl groups excluding tert-OH is 1. The zero-order valence-electron chi connectivity index (χ0n) is 8.40. The zero-order chi connectivity index (χ0) is 11.3. The van der Waals surface area contributed by atoms with Crippen molar-refractivity contribution in [3.63, 3.8) is 0 Å². The third kappa shape index (κ3) is 3.60. The molecule has 0 spiro atoms. The summed E-state index contributed by atoms with van der Waals surface area (Å²) in [5.41, 5.74) is 0.352. The van der Waals surface area contributed by atoms with Crippen molar-refractivity contribution < 1.29 is 9.90 Å². The number of nitrogens with one attached hydrogen (secondary N) is 1. The smallest absolute Gasteiger partial charge is 0.270 e. The fraction of sp³-hybridized carbons (Fsp3) is 0.400. The van der Waals surface area contributed by atoms with Gasteiger partial charge >= 0.3 is 0 Å². The molecule has 1 heterocycles. The van der Waals surface area contributed by atoms with Crippen molar-refractivity contribution in [1.29, 1.82) is 0 Å². The lowest BCUT2D eigenvalue weighted by atomic mass is 10.2. The molecular weight excluding hydrogens is 260 g/mol. The van der Waals surface area contributed by atoms with Crippen LogP contribution in [0.25, 0.3) is 0 Å². The minimum atomic E-state index is -0.261.